The second-order valence-corrected chi connectivity index (χ2v) is 6.51. The Morgan fingerprint density at radius 1 is 1.25 bits per heavy atom. The summed E-state index contributed by atoms with van der Waals surface area (Å²) < 4.78 is 33.0. The first-order chi connectivity index (χ1) is 9.46. The van der Waals surface area contributed by atoms with E-state index in [0.717, 1.165) is 5.39 Å². The number of para-hydroxylation sites is 1. The molecule has 0 aliphatic carbocycles. The van der Waals surface area contributed by atoms with Crippen molar-refractivity contribution < 1.29 is 12.8 Å². The minimum Gasteiger partial charge on any atom is -0.443 e. The Hall–Kier alpha value is -1.37. The summed E-state index contributed by atoms with van der Waals surface area (Å²) in [6.45, 7) is 4.08. The van der Waals surface area contributed by atoms with Gasteiger partial charge in [-0.25, -0.2) is 13.1 Å². The van der Waals surface area contributed by atoms with E-state index in [4.69, 9.17) is 10.2 Å². The second-order valence-electron chi connectivity index (χ2n) is 4.90. The molecule has 3 N–H and O–H groups in total. The van der Waals surface area contributed by atoms with Gasteiger partial charge in [-0.05, 0) is 18.9 Å². The number of nitrogens with two attached hydrogens (primary N) is 1. The smallest absolute Gasteiger partial charge is 0.274 e. The van der Waals surface area contributed by atoms with E-state index in [0.29, 0.717) is 18.4 Å². The molecule has 0 saturated heterocycles. The molecule has 0 unspecified atom stereocenters. The molecule has 20 heavy (non-hydrogen) atoms. The fraction of sp³-hybridized carbons (Fsp3) is 0.429. The van der Waals surface area contributed by atoms with Crippen molar-refractivity contribution in [1.82, 2.24) is 4.72 Å². The van der Waals surface area contributed by atoms with E-state index in [1.807, 2.05) is 26.0 Å². The molecule has 0 atom stereocenters. The number of benzene rings is 1. The second kappa shape index (κ2) is 5.55. The Morgan fingerprint density at radius 2 is 1.90 bits per heavy atom. The summed E-state index contributed by atoms with van der Waals surface area (Å²) in [6, 6.07) is 8.73. The first-order valence-electron chi connectivity index (χ1n) is 6.69. The Kier molecular flexibility index (Phi) is 4.17. The van der Waals surface area contributed by atoms with Crippen LogP contribution in [0.3, 0.4) is 0 Å². The lowest BCUT2D eigenvalue weighted by molar-refractivity contribution is 0.357. The molecule has 1 heterocycles. The molecule has 0 amide bonds. The zero-order valence-electron chi connectivity index (χ0n) is 11.7. The van der Waals surface area contributed by atoms with Crippen molar-refractivity contribution >= 4 is 21.0 Å². The Balaban J connectivity index is 2.39. The van der Waals surface area contributed by atoms with E-state index in [2.05, 4.69) is 4.72 Å². The van der Waals surface area contributed by atoms with Crippen LogP contribution in [0.15, 0.2) is 39.8 Å². The zero-order chi connectivity index (χ0) is 14.8. The molecule has 5 nitrogen and oxygen atoms in total. The van der Waals surface area contributed by atoms with E-state index >= 15 is 0 Å². The van der Waals surface area contributed by atoms with Crippen molar-refractivity contribution in [2.45, 2.75) is 37.3 Å². The average molecular weight is 296 g/mol. The molecule has 0 aliphatic heterocycles. The van der Waals surface area contributed by atoms with Crippen LogP contribution < -0.4 is 10.5 Å². The largest absolute Gasteiger partial charge is 0.443 e. The van der Waals surface area contributed by atoms with Gasteiger partial charge < -0.3 is 10.2 Å². The molecule has 1 aromatic heterocycles. The lowest BCUT2D eigenvalue weighted by Gasteiger charge is -2.30. The predicted molar refractivity (Wildman–Crippen MR) is 78.9 cm³/mol. The molecular formula is C14H20N2O3S. The summed E-state index contributed by atoms with van der Waals surface area (Å²) >= 11 is 0. The monoisotopic (exact) mass is 296 g/mol. The Bertz CT molecular complexity index is 646. The van der Waals surface area contributed by atoms with Gasteiger partial charge in [0.1, 0.15) is 5.58 Å². The van der Waals surface area contributed by atoms with Gasteiger partial charge in [-0.2, -0.15) is 0 Å². The number of sulfonamides is 1. The number of furan rings is 1. The van der Waals surface area contributed by atoms with Gasteiger partial charge in [-0.3, -0.25) is 0 Å². The summed E-state index contributed by atoms with van der Waals surface area (Å²) in [4.78, 5) is 0. The topological polar surface area (TPSA) is 85.3 Å². The zero-order valence-corrected chi connectivity index (χ0v) is 12.5. The number of hydrogen-bond donors (Lipinski definition) is 2. The number of hydrogen-bond acceptors (Lipinski definition) is 4. The summed E-state index contributed by atoms with van der Waals surface area (Å²) in [6.07, 6.45) is 1.25. The quantitative estimate of drug-likeness (QED) is 0.856. The Labute approximate surface area is 119 Å². The number of nitrogens with one attached hydrogen (secondary N) is 1. The summed E-state index contributed by atoms with van der Waals surface area (Å²) in [5.74, 6) is 0. The highest BCUT2D eigenvalue weighted by Crippen LogP contribution is 2.24. The maximum atomic E-state index is 12.4. The van der Waals surface area contributed by atoms with Crippen molar-refractivity contribution in [3.05, 3.63) is 30.3 Å². The van der Waals surface area contributed by atoms with Crippen LogP contribution in [-0.4, -0.2) is 20.5 Å². The van der Waals surface area contributed by atoms with Crippen LogP contribution in [0.2, 0.25) is 0 Å². The minimum absolute atomic E-state index is 0.0709. The average Bonchev–Trinajstić information content (AvgIpc) is 2.90. The van der Waals surface area contributed by atoms with Crippen molar-refractivity contribution in [1.29, 1.82) is 0 Å². The molecule has 0 radical (unpaired) electrons. The van der Waals surface area contributed by atoms with Gasteiger partial charge in [0.2, 0.25) is 5.09 Å². The number of fused-ring (bicyclic) bond motifs is 1. The molecule has 0 bridgehead atoms. The van der Waals surface area contributed by atoms with Crippen molar-refractivity contribution in [2.75, 3.05) is 6.54 Å². The van der Waals surface area contributed by atoms with Crippen LogP contribution in [0.4, 0.5) is 0 Å². The maximum absolute atomic E-state index is 12.4. The van der Waals surface area contributed by atoms with Crippen LogP contribution in [0.25, 0.3) is 11.0 Å². The SMILES string of the molecule is CCC(CC)(CN)NS(=O)(=O)c1cc2ccccc2o1. The van der Waals surface area contributed by atoms with Gasteiger partial charge in [0, 0.05) is 23.5 Å². The van der Waals surface area contributed by atoms with Gasteiger partial charge in [0.25, 0.3) is 10.0 Å². The minimum atomic E-state index is -3.71. The van der Waals surface area contributed by atoms with Crippen LogP contribution >= 0.6 is 0 Å². The van der Waals surface area contributed by atoms with E-state index in [9.17, 15) is 8.42 Å². The van der Waals surface area contributed by atoms with Crippen LogP contribution in [0.5, 0.6) is 0 Å². The van der Waals surface area contributed by atoms with Crippen LogP contribution in [0.1, 0.15) is 26.7 Å². The third-order valence-electron chi connectivity index (χ3n) is 3.76. The lowest BCUT2D eigenvalue weighted by atomic mass is 9.95. The molecule has 1 aromatic carbocycles. The lowest BCUT2D eigenvalue weighted by Crippen LogP contribution is -2.52. The first-order valence-corrected chi connectivity index (χ1v) is 8.17. The van der Waals surface area contributed by atoms with Gasteiger partial charge in [-0.15, -0.1) is 0 Å². The fourth-order valence-electron chi connectivity index (χ4n) is 2.15. The normalized spacial score (nSPS) is 12.9. The van der Waals surface area contributed by atoms with Gasteiger partial charge in [-0.1, -0.05) is 32.0 Å². The van der Waals surface area contributed by atoms with E-state index in [1.165, 1.54) is 6.07 Å². The molecule has 0 spiro atoms. The van der Waals surface area contributed by atoms with Crippen molar-refractivity contribution in [3.8, 4) is 0 Å². The van der Waals surface area contributed by atoms with E-state index in [1.54, 1.807) is 12.1 Å². The molecular weight excluding hydrogens is 276 g/mol. The third kappa shape index (κ3) is 2.72. The molecule has 2 rings (SSSR count). The van der Waals surface area contributed by atoms with Gasteiger partial charge >= 0.3 is 0 Å². The fourth-order valence-corrected chi connectivity index (χ4v) is 3.67. The van der Waals surface area contributed by atoms with E-state index < -0.39 is 15.6 Å². The molecule has 0 saturated carbocycles. The van der Waals surface area contributed by atoms with Crippen molar-refractivity contribution in [3.63, 3.8) is 0 Å². The third-order valence-corrected chi connectivity index (χ3v) is 5.20. The number of rotatable bonds is 6. The summed E-state index contributed by atoms with van der Waals surface area (Å²) in [7, 11) is -3.71. The molecule has 6 heteroatoms. The molecule has 110 valence electrons. The summed E-state index contributed by atoms with van der Waals surface area (Å²) in [5, 5.41) is 0.692. The highest BCUT2D eigenvalue weighted by molar-refractivity contribution is 7.89. The highest BCUT2D eigenvalue weighted by atomic mass is 32.2. The van der Waals surface area contributed by atoms with Crippen LogP contribution in [0, 0.1) is 0 Å². The van der Waals surface area contributed by atoms with E-state index in [-0.39, 0.29) is 11.6 Å². The molecule has 2 aromatic rings. The molecule has 0 fully saturated rings. The summed E-state index contributed by atoms with van der Waals surface area (Å²) in [5.41, 5.74) is 5.66. The van der Waals surface area contributed by atoms with Gasteiger partial charge in [0.05, 0.1) is 0 Å². The first kappa shape index (κ1) is 15.0. The standard InChI is InChI=1S/C14H20N2O3S/c1-3-14(4-2,10-15)16-20(17,18)13-9-11-7-5-6-8-12(11)19-13/h5-9,16H,3-4,10,15H2,1-2H3. The predicted octanol–water partition coefficient (Wildman–Crippen LogP) is 2.23. The van der Waals surface area contributed by atoms with Crippen molar-refractivity contribution in [2.24, 2.45) is 5.73 Å². The highest BCUT2D eigenvalue weighted by Gasteiger charge is 2.32. The van der Waals surface area contributed by atoms with Crippen LogP contribution in [-0.2, 0) is 10.0 Å². The maximum Gasteiger partial charge on any atom is 0.274 e. The van der Waals surface area contributed by atoms with Gasteiger partial charge in [0.15, 0.2) is 0 Å². The molecule has 0 aliphatic rings. The Morgan fingerprint density at radius 3 is 2.45 bits per heavy atom.